The molecule has 2 fully saturated rings. The van der Waals surface area contributed by atoms with Gasteiger partial charge in [0.2, 0.25) is 0 Å². The predicted octanol–water partition coefficient (Wildman–Crippen LogP) is 8.94. The summed E-state index contributed by atoms with van der Waals surface area (Å²) in [5.74, 6) is 1.04. The molecule has 8 heteroatoms. The fourth-order valence-corrected chi connectivity index (χ4v) is 6.61. The van der Waals surface area contributed by atoms with Crippen molar-refractivity contribution in [3.63, 3.8) is 0 Å². The van der Waals surface area contributed by atoms with E-state index >= 15 is 0 Å². The van der Waals surface area contributed by atoms with Crippen molar-refractivity contribution in [3.8, 4) is 16.9 Å². The third-order valence-corrected chi connectivity index (χ3v) is 9.60. The van der Waals surface area contributed by atoms with Gasteiger partial charge in [-0.05, 0) is 74.6 Å². The SMILES string of the molecule is CC/C=C(/N)C1CCN(Cc2ccc(C(=CCCC)N(C)CCN3CCC([NH-])CC3)cc2)CC1.OOc1ccccc1-c1ccccc1.[Y]. The Morgan fingerprint density at radius 1 is 0.878 bits per heavy atom. The minimum Gasteiger partial charge on any atom is -0.675 e. The largest absolute Gasteiger partial charge is 0.675 e. The first kappa shape index (κ1) is 40.9. The minimum absolute atomic E-state index is 0. The van der Waals surface area contributed by atoms with Crippen molar-refractivity contribution in [2.75, 3.05) is 46.3 Å². The van der Waals surface area contributed by atoms with Gasteiger partial charge in [-0.25, -0.2) is 5.26 Å². The molecule has 2 saturated heterocycles. The van der Waals surface area contributed by atoms with Crippen molar-refractivity contribution in [1.82, 2.24) is 14.7 Å². The van der Waals surface area contributed by atoms with Gasteiger partial charge in [0.1, 0.15) is 0 Å². The summed E-state index contributed by atoms with van der Waals surface area (Å²) in [7, 11) is 2.23. The van der Waals surface area contributed by atoms with E-state index in [9.17, 15) is 0 Å². The van der Waals surface area contributed by atoms with Crippen LogP contribution in [0.25, 0.3) is 22.6 Å². The van der Waals surface area contributed by atoms with Crippen LogP contribution in [0.4, 0.5) is 0 Å². The second-order valence-corrected chi connectivity index (χ2v) is 13.2. The molecule has 49 heavy (non-hydrogen) atoms. The van der Waals surface area contributed by atoms with Gasteiger partial charge in [-0.3, -0.25) is 4.90 Å². The van der Waals surface area contributed by atoms with Crippen LogP contribution in [-0.4, -0.2) is 72.3 Å². The summed E-state index contributed by atoms with van der Waals surface area (Å²) < 4.78 is 0. The molecule has 3 aromatic carbocycles. The average Bonchev–Trinajstić information content (AvgIpc) is 3.13. The molecule has 2 heterocycles. The Morgan fingerprint density at radius 3 is 2.14 bits per heavy atom. The molecule has 0 aromatic heterocycles. The number of likely N-dealkylation sites (N-methyl/N-ethyl adjacent to an activating group) is 1. The zero-order valence-corrected chi connectivity index (χ0v) is 32.9. The molecule has 3 aromatic rings. The van der Waals surface area contributed by atoms with Crippen molar-refractivity contribution >= 4 is 5.70 Å². The van der Waals surface area contributed by atoms with Crippen LogP contribution in [0.5, 0.6) is 5.75 Å². The fourth-order valence-electron chi connectivity index (χ4n) is 6.61. The Bertz CT molecular complexity index is 1400. The first-order valence-corrected chi connectivity index (χ1v) is 18.0. The van der Waals surface area contributed by atoms with Crippen molar-refractivity contribution in [3.05, 3.63) is 114 Å². The normalized spacial score (nSPS) is 16.8. The third-order valence-electron chi connectivity index (χ3n) is 9.60. The van der Waals surface area contributed by atoms with Crippen LogP contribution < -0.4 is 10.6 Å². The summed E-state index contributed by atoms with van der Waals surface area (Å²) >= 11 is 0. The monoisotopic (exact) mass is 741 g/mol. The predicted molar refractivity (Wildman–Crippen MR) is 201 cm³/mol. The van der Waals surface area contributed by atoms with E-state index in [1.807, 2.05) is 48.5 Å². The molecular formula is C41H58N5O2Y-. The number of benzene rings is 3. The van der Waals surface area contributed by atoms with Crippen LogP contribution in [0.1, 0.15) is 69.9 Å². The van der Waals surface area contributed by atoms with E-state index < -0.39 is 0 Å². The molecule has 1 radical (unpaired) electrons. The maximum Gasteiger partial charge on any atom is 0.172 e. The number of unbranched alkanes of at least 4 members (excludes halogenated alkanes) is 1. The maximum atomic E-state index is 8.68. The standard InChI is InChI=1S/C29H48N5.C12H10O2.Y/c1-4-6-8-29(32(3)21-22-33-19-15-27(30)16-20-33)26-11-9-24(10-12-26)23-34-17-13-25(14-18-34)28(31)7-5-2;13-14-12-9-5-4-8-11(12)10-6-2-1-3-7-10;/h7-12,25,27,30H,4-6,13-23,31H2,1-3H3;1-9,13H;/q-1;;/b28-7+,29-8?;;. The molecule has 2 aliphatic heterocycles. The first-order valence-electron chi connectivity index (χ1n) is 18.0. The average molecular weight is 742 g/mol. The van der Waals surface area contributed by atoms with E-state index in [2.05, 4.69) is 76.9 Å². The van der Waals surface area contributed by atoms with Crippen LogP contribution in [0.2, 0.25) is 0 Å². The van der Waals surface area contributed by atoms with Gasteiger partial charge in [0.25, 0.3) is 0 Å². The van der Waals surface area contributed by atoms with Crippen molar-refractivity contribution in [1.29, 1.82) is 0 Å². The van der Waals surface area contributed by atoms with E-state index in [0.717, 1.165) is 88.3 Å². The van der Waals surface area contributed by atoms with Crippen molar-refractivity contribution < 1.29 is 42.9 Å². The molecule has 2 aliphatic rings. The van der Waals surface area contributed by atoms with Gasteiger partial charge in [0, 0.05) is 82.3 Å². The number of likely N-dealkylation sites (tertiary alicyclic amines) is 2. The number of nitrogens with zero attached hydrogens (tertiary/aromatic N) is 3. The van der Waals surface area contributed by atoms with Gasteiger partial charge in [-0.15, -0.1) is 6.04 Å². The molecule has 0 aliphatic carbocycles. The number of hydrogen-bond acceptors (Lipinski definition) is 6. The van der Waals surface area contributed by atoms with Gasteiger partial charge in [-0.1, -0.05) is 118 Å². The maximum absolute atomic E-state index is 8.68. The minimum atomic E-state index is 0. The number of nitrogens with one attached hydrogen (secondary N) is 1. The summed E-state index contributed by atoms with van der Waals surface area (Å²) in [4.78, 5) is 11.8. The Kier molecular flexibility index (Phi) is 18.6. The molecule has 0 spiro atoms. The van der Waals surface area contributed by atoms with Crippen LogP contribution in [-0.2, 0) is 39.3 Å². The second-order valence-electron chi connectivity index (χ2n) is 13.2. The summed E-state index contributed by atoms with van der Waals surface area (Å²) in [6.45, 7) is 12.0. The Labute approximate surface area is 321 Å². The van der Waals surface area contributed by atoms with E-state index in [1.54, 1.807) is 6.07 Å². The summed E-state index contributed by atoms with van der Waals surface area (Å²) in [6, 6.07) is 26.6. The molecule has 4 N–H and O–H groups in total. The molecule has 7 nitrogen and oxygen atoms in total. The van der Waals surface area contributed by atoms with E-state index in [1.165, 1.54) is 36.1 Å². The molecule has 0 saturated carbocycles. The number of para-hydroxylation sites is 1. The van der Waals surface area contributed by atoms with Gasteiger partial charge < -0.3 is 26.2 Å². The fraction of sp³-hybridized carbons (Fsp3) is 0.463. The molecular weight excluding hydrogens is 683 g/mol. The third kappa shape index (κ3) is 13.3. The zero-order valence-electron chi connectivity index (χ0n) is 30.1. The van der Waals surface area contributed by atoms with Crippen LogP contribution in [0, 0.1) is 5.92 Å². The molecule has 5 rings (SSSR count). The summed E-state index contributed by atoms with van der Waals surface area (Å²) in [5, 5.41) is 8.68. The zero-order chi connectivity index (χ0) is 34.1. The summed E-state index contributed by atoms with van der Waals surface area (Å²) in [5.41, 5.74) is 21.2. The number of rotatable bonds is 13. The Morgan fingerprint density at radius 2 is 1.51 bits per heavy atom. The van der Waals surface area contributed by atoms with Crippen molar-refractivity contribution in [2.45, 2.75) is 71.4 Å². The van der Waals surface area contributed by atoms with Crippen LogP contribution in [0.15, 0.2) is 96.7 Å². The molecule has 263 valence electrons. The molecule has 0 bridgehead atoms. The first-order chi connectivity index (χ1) is 23.4. The van der Waals surface area contributed by atoms with E-state index in [4.69, 9.17) is 16.7 Å². The number of allylic oxidation sites excluding steroid dienone is 3. The van der Waals surface area contributed by atoms with Crippen LogP contribution >= 0.6 is 0 Å². The Hall–Kier alpha value is -2.52. The van der Waals surface area contributed by atoms with Gasteiger partial charge in [0.15, 0.2) is 5.75 Å². The van der Waals surface area contributed by atoms with Gasteiger partial charge in [-0.2, -0.15) is 0 Å². The Balaban J connectivity index is 0.000000361. The number of hydrogen-bond donors (Lipinski definition) is 2. The van der Waals surface area contributed by atoms with Gasteiger partial charge >= 0.3 is 0 Å². The van der Waals surface area contributed by atoms with E-state index in [0.29, 0.717) is 11.7 Å². The topological polar surface area (TPSA) is 89.0 Å². The summed E-state index contributed by atoms with van der Waals surface area (Å²) in [6.07, 6.45) is 12.3. The van der Waals surface area contributed by atoms with E-state index in [-0.39, 0.29) is 38.8 Å². The second kappa shape index (κ2) is 22.3. The molecule has 0 atom stereocenters. The number of nitrogens with two attached hydrogens (primary N) is 1. The number of piperidine rings is 2. The smallest absolute Gasteiger partial charge is 0.172 e. The molecule has 0 unspecified atom stereocenters. The quantitative estimate of drug-likeness (QED) is 0.134. The molecule has 0 amide bonds. The van der Waals surface area contributed by atoms with Crippen molar-refractivity contribution in [2.24, 2.45) is 11.7 Å². The van der Waals surface area contributed by atoms with Crippen LogP contribution in [0.3, 0.4) is 0 Å². The van der Waals surface area contributed by atoms with Gasteiger partial charge in [0.05, 0.1) is 0 Å².